The van der Waals surface area contributed by atoms with Gasteiger partial charge < -0.3 is 0 Å². The van der Waals surface area contributed by atoms with Gasteiger partial charge in [0.1, 0.15) is 0 Å². The lowest BCUT2D eigenvalue weighted by Crippen LogP contribution is -2.26. The number of fused-ring (bicyclic) bond motifs is 5. The summed E-state index contributed by atoms with van der Waals surface area (Å²) in [4.78, 5) is 5.82. The molecule has 1 N–H and O–H groups in total. The highest BCUT2D eigenvalue weighted by Gasteiger charge is 2.55. The van der Waals surface area contributed by atoms with Crippen LogP contribution in [0.4, 0.5) is 0 Å². The zero-order valence-electron chi connectivity index (χ0n) is 9.90. The Morgan fingerprint density at radius 2 is 1.83 bits per heavy atom. The van der Waals surface area contributed by atoms with Crippen molar-refractivity contribution in [3.8, 4) is 0 Å². The van der Waals surface area contributed by atoms with Crippen molar-refractivity contribution in [2.45, 2.75) is 31.4 Å². The van der Waals surface area contributed by atoms with Crippen LogP contribution in [0, 0.1) is 17.8 Å². The molecule has 2 aliphatic carbocycles. The van der Waals surface area contributed by atoms with Crippen LogP contribution in [0.2, 0.25) is 10.0 Å². The minimum absolute atomic E-state index is 0.159. The first-order chi connectivity index (χ1) is 8.75. The maximum absolute atomic E-state index is 6.32. The van der Waals surface area contributed by atoms with Crippen LogP contribution in [-0.4, -0.2) is 6.10 Å². The number of hydrogen-bond acceptors (Lipinski definition) is 2. The van der Waals surface area contributed by atoms with Gasteiger partial charge in [0, 0.05) is 21.5 Å². The molecule has 18 heavy (non-hydrogen) atoms. The summed E-state index contributed by atoms with van der Waals surface area (Å²) in [5.41, 5.74) is 4.20. The smallest absolute Gasteiger partial charge is 0.0868 e. The Balaban J connectivity index is 1.74. The van der Waals surface area contributed by atoms with Crippen molar-refractivity contribution in [3.63, 3.8) is 0 Å². The third kappa shape index (κ3) is 1.50. The first-order valence-corrected chi connectivity index (χ1v) is 7.36. The van der Waals surface area contributed by atoms with Crippen LogP contribution < -0.4 is 5.48 Å². The standard InChI is InChI=1S/C14H15Cl2NO/c15-9-2-1-3-10(16)12(9)13-11-7-4-5-8(6-7)14(11)18-17-13/h1-3,7-8,11,13-14,17H,4-6H2/t7-,8+,11-,13?,14-/m0/s1. The minimum atomic E-state index is 0.159. The summed E-state index contributed by atoms with van der Waals surface area (Å²) in [6, 6.07) is 5.87. The van der Waals surface area contributed by atoms with E-state index in [1.54, 1.807) is 0 Å². The molecule has 2 saturated carbocycles. The first-order valence-electron chi connectivity index (χ1n) is 6.61. The molecule has 3 fully saturated rings. The molecule has 0 aromatic heterocycles. The van der Waals surface area contributed by atoms with Crippen LogP contribution in [0.25, 0.3) is 0 Å². The summed E-state index contributed by atoms with van der Waals surface area (Å²) in [7, 11) is 0. The van der Waals surface area contributed by atoms with Gasteiger partial charge in [-0.25, -0.2) is 0 Å². The summed E-state index contributed by atoms with van der Waals surface area (Å²) >= 11 is 12.6. The molecular weight excluding hydrogens is 269 g/mol. The largest absolute Gasteiger partial charge is 0.297 e. The average molecular weight is 284 g/mol. The molecule has 96 valence electrons. The summed E-state index contributed by atoms with van der Waals surface area (Å²) in [5.74, 6) is 2.05. The van der Waals surface area contributed by atoms with Crippen molar-refractivity contribution < 1.29 is 4.84 Å². The lowest BCUT2D eigenvalue weighted by atomic mass is 9.80. The normalized spacial score (nSPS) is 41.3. The molecule has 1 aromatic rings. The van der Waals surface area contributed by atoms with Crippen molar-refractivity contribution in [2.24, 2.45) is 17.8 Å². The molecule has 1 aliphatic heterocycles. The van der Waals surface area contributed by atoms with E-state index in [2.05, 4.69) is 5.48 Å². The average Bonchev–Trinajstić information content (AvgIpc) is 3.00. The highest BCUT2D eigenvalue weighted by molar-refractivity contribution is 6.36. The molecule has 4 rings (SSSR count). The van der Waals surface area contributed by atoms with Crippen molar-refractivity contribution in [3.05, 3.63) is 33.8 Å². The van der Waals surface area contributed by atoms with E-state index in [-0.39, 0.29) is 6.04 Å². The van der Waals surface area contributed by atoms with Crippen molar-refractivity contribution in [2.75, 3.05) is 0 Å². The summed E-state index contributed by atoms with van der Waals surface area (Å²) in [6.07, 6.45) is 4.32. The Morgan fingerprint density at radius 1 is 1.11 bits per heavy atom. The van der Waals surface area contributed by atoms with Gasteiger partial charge in [-0.1, -0.05) is 29.3 Å². The fraction of sp³-hybridized carbons (Fsp3) is 0.571. The van der Waals surface area contributed by atoms with Gasteiger partial charge in [0.25, 0.3) is 0 Å². The Kier molecular flexibility index (Phi) is 2.63. The third-order valence-corrected chi connectivity index (χ3v) is 5.59. The molecule has 1 heterocycles. The number of hydroxylamine groups is 1. The van der Waals surface area contributed by atoms with Gasteiger partial charge in [-0.3, -0.25) is 4.84 Å². The molecule has 4 heteroatoms. The molecule has 1 unspecified atom stereocenters. The molecule has 1 aromatic carbocycles. The molecule has 0 amide bonds. The molecule has 0 radical (unpaired) electrons. The quantitative estimate of drug-likeness (QED) is 0.842. The van der Waals surface area contributed by atoms with E-state index < -0.39 is 0 Å². The van der Waals surface area contributed by atoms with Crippen LogP contribution in [0.5, 0.6) is 0 Å². The third-order valence-electron chi connectivity index (χ3n) is 4.93. The molecule has 2 bridgehead atoms. The van der Waals surface area contributed by atoms with Gasteiger partial charge in [0.05, 0.1) is 12.1 Å². The molecule has 1 saturated heterocycles. The molecular formula is C14H15Cl2NO. The molecule has 5 atom stereocenters. The molecule has 0 spiro atoms. The second-order valence-electron chi connectivity index (χ2n) is 5.72. The van der Waals surface area contributed by atoms with Gasteiger partial charge in [0.2, 0.25) is 0 Å². The Morgan fingerprint density at radius 3 is 2.61 bits per heavy atom. The fourth-order valence-electron chi connectivity index (χ4n) is 4.21. The predicted molar refractivity (Wildman–Crippen MR) is 71.5 cm³/mol. The second kappa shape index (κ2) is 4.11. The maximum Gasteiger partial charge on any atom is 0.0868 e. The first kappa shape index (κ1) is 11.5. The van der Waals surface area contributed by atoms with E-state index >= 15 is 0 Å². The molecule has 3 aliphatic rings. The highest BCUT2D eigenvalue weighted by atomic mass is 35.5. The zero-order valence-corrected chi connectivity index (χ0v) is 11.4. The number of hydrogen-bond donors (Lipinski definition) is 1. The van der Waals surface area contributed by atoms with E-state index in [4.69, 9.17) is 28.0 Å². The van der Waals surface area contributed by atoms with E-state index in [9.17, 15) is 0 Å². The lowest BCUT2D eigenvalue weighted by Gasteiger charge is -2.26. The SMILES string of the molecule is Clc1cccc(Cl)c1C1NO[C@H]2[C@@H]3CC[C@@H](C3)[C@@H]12. The second-order valence-corrected chi connectivity index (χ2v) is 6.54. The Hall–Kier alpha value is -0.280. The van der Waals surface area contributed by atoms with Gasteiger partial charge in [0.15, 0.2) is 0 Å². The van der Waals surface area contributed by atoms with Crippen LogP contribution in [0.3, 0.4) is 0 Å². The number of benzene rings is 1. The van der Waals surface area contributed by atoms with Gasteiger partial charge >= 0.3 is 0 Å². The van der Waals surface area contributed by atoms with E-state index in [1.807, 2.05) is 18.2 Å². The van der Waals surface area contributed by atoms with Crippen molar-refractivity contribution >= 4 is 23.2 Å². The van der Waals surface area contributed by atoms with E-state index in [0.717, 1.165) is 27.4 Å². The maximum atomic E-state index is 6.32. The Bertz CT molecular complexity index is 472. The van der Waals surface area contributed by atoms with Crippen LogP contribution >= 0.6 is 23.2 Å². The van der Waals surface area contributed by atoms with Gasteiger partial charge in [-0.2, -0.15) is 5.48 Å². The van der Waals surface area contributed by atoms with Crippen molar-refractivity contribution in [1.82, 2.24) is 5.48 Å². The zero-order chi connectivity index (χ0) is 12.3. The van der Waals surface area contributed by atoms with Gasteiger partial charge in [-0.05, 0) is 43.2 Å². The number of nitrogens with one attached hydrogen (secondary N) is 1. The highest BCUT2D eigenvalue weighted by Crippen LogP contribution is 2.57. The van der Waals surface area contributed by atoms with Crippen LogP contribution in [-0.2, 0) is 4.84 Å². The number of rotatable bonds is 1. The van der Waals surface area contributed by atoms with E-state index in [1.165, 1.54) is 19.3 Å². The Labute approximate surface area is 117 Å². The summed E-state index contributed by atoms with van der Waals surface area (Å²) < 4.78 is 0. The summed E-state index contributed by atoms with van der Waals surface area (Å²) in [5, 5.41) is 1.49. The topological polar surface area (TPSA) is 21.3 Å². The van der Waals surface area contributed by atoms with Crippen LogP contribution in [0.1, 0.15) is 30.9 Å². The minimum Gasteiger partial charge on any atom is -0.297 e. The predicted octanol–water partition coefficient (Wildman–Crippen LogP) is 3.98. The van der Waals surface area contributed by atoms with Crippen LogP contribution in [0.15, 0.2) is 18.2 Å². The van der Waals surface area contributed by atoms with Crippen molar-refractivity contribution in [1.29, 1.82) is 0 Å². The van der Waals surface area contributed by atoms with E-state index in [0.29, 0.717) is 12.0 Å². The molecule has 2 nitrogen and oxygen atoms in total. The summed E-state index contributed by atoms with van der Waals surface area (Å²) in [6.45, 7) is 0. The lowest BCUT2D eigenvalue weighted by molar-refractivity contribution is -0.00732. The van der Waals surface area contributed by atoms with Gasteiger partial charge in [-0.15, -0.1) is 0 Å². The number of halogens is 2. The fourth-order valence-corrected chi connectivity index (χ4v) is 4.84. The monoisotopic (exact) mass is 283 g/mol.